The van der Waals surface area contributed by atoms with E-state index in [4.69, 9.17) is 14.2 Å². The highest BCUT2D eigenvalue weighted by molar-refractivity contribution is 6.51. The Balaban J connectivity index is 2.07. The molecule has 1 unspecified atom stereocenters. The Bertz CT molecular complexity index is 1470. The van der Waals surface area contributed by atoms with E-state index in [9.17, 15) is 20.0 Å². The summed E-state index contributed by atoms with van der Waals surface area (Å²) in [6.45, 7) is 3.70. The van der Waals surface area contributed by atoms with Crippen LogP contribution in [0.15, 0.2) is 60.2 Å². The summed E-state index contributed by atoms with van der Waals surface area (Å²) in [5.41, 5.74) is 3.00. The molecule has 1 aliphatic rings. The van der Waals surface area contributed by atoms with Crippen LogP contribution in [0.25, 0.3) is 5.76 Å². The number of carbonyl (C=O) groups is 2. The Morgan fingerprint density at radius 2 is 1.62 bits per heavy atom. The number of methoxy groups -OCH3 is 3. The van der Waals surface area contributed by atoms with E-state index in [1.165, 1.54) is 26.2 Å². The number of para-hydroxylation sites is 1. The summed E-state index contributed by atoms with van der Waals surface area (Å²) in [7, 11) is 4.42. The second kappa shape index (κ2) is 10.1. The SMILES string of the molecule is COc1cccc(C2/C(=C(\O)c3cc(C)cc(C)c3OC)C(=O)C(=O)N2c2ccc(C#N)cc2)c1OC. The van der Waals surface area contributed by atoms with Crippen molar-refractivity contribution in [2.24, 2.45) is 0 Å². The van der Waals surface area contributed by atoms with Crippen LogP contribution in [0.4, 0.5) is 5.69 Å². The Labute approximate surface area is 214 Å². The van der Waals surface area contributed by atoms with Crippen molar-refractivity contribution in [1.29, 1.82) is 5.26 Å². The lowest BCUT2D eigenvalue weighted by molar-refractivity contribution is -0.132. The molecule has 3 aromatic carbocycles. The number of amides is 1. The monoisotopic (exact) mass is 498 g/mol. The molecule has 1 saturated heterocycles. The number of Topliss-reactive ketones (excluding diaryl/α,β-unsaturated/α-hetero) is 1. The van der Waals surface area contributed by atoms with Crippen molar-refractivity contribution < 1.29 is 28.9 Å². The topological polar surface area (TPSA) is 109 Å². The van der Waals surface area contributed by atoms with Gasteiger partial charge in [0.1, 0.15) is 11.5 Å². The predicted molar refractivity (Wildman–Crippen MR) is 138 cm³/mol. The third-order valence-electron chi connectivity index (χ3n) is 6.33. The first-order valence-corrected chi connectivity index (χ1v) is 11.4. The van der Waals surface area contributed by atoms with Gasteiger partial charge in [0.2, 0.25) is 0 Å². The van der Waals surface area contributed by atoms with Crippen molar-refractivity contribution in [1.82, 2.24) is 0 Å². The van der Waals surface area contributed by atoms with Crippen LogP contribution in [0.3, 0.4) is 0 Å². The average molecular weight is 499 g/mol. The van der Waals surface area contributed by atoms with Gasteiger partial charge in [-0.25, -0.2) is 0 Å². The molecule has 1 aliphatic heterocycles. The molecule has 1 amide bonds. The molecule has 1 fully saturated rings. The second-order valence-corrected chi connectivity index (χ2v) is 8.57. The molecule has 1 N–H and O–H groups in total. The number of ketones is 1. The number of anilines is 1. The zero-order valence-electron chi connectivity index (χ0n) is 21.2. The van der Waals surface area contributed by atoms with E-state index in [1.54, 1.807) is 48.5 Å². The first-order chi connectivity index (χ1) is 17.8. The zero-order valence-corrected chi connectivity index (χ0v) is 21.2. The van der Waals surface area contributed by atoms with Gasteiger partial charge in [-0.1, -0.05) is 18.2 Å². The summed E-state index contributed by atoms with van der Waals surface area (Å²) in [6, 6.07) is 16.0. The van der Waals surface area contributed by atoms with E-state index in [2.05, 4.69) is 0 Å². The van der Waals surface area contributed by atoms with E-state index in [0.29, 0.717) is 39.6 Å². The van der Waals surface area contributed by atoms with Crippen molar-refractivity contribution >= 4 is 23.1 Å². The zero-order chi connectivity index (χ0) is 26.9. The first-order valence-electron chi connectivity index (χ1n) is 11.4. The normalized spacial score (nSPS) is 16.4. The Kier molecular flexibility index (Phi) is 6.89. The van der Waals surface area contributed by atoms with Crippen LogP contribution >= 0.6 is 0 Å². The molecule has 3 aromatic rings. The number of aliphatic hydroxyl groups excluding tert-OH is 1. The summed E-state index contributed by atoms with van der Waals surface area (Å²) < 4.78 is 16.7. The Hall–Kier alpha value is -4.77. The summed E-state index contributed by atoms with van der Waals surface area (Å²) in [5, 5.41) is 20.8. The van der Waals surface area contributed by atoms with Gasteiger partial charge in [-0.2, -0.15) is 5.26 Å². The highest BCUT2D eigenvalue weighted by Gasteiger charge is 2.48. The molecular formula is C29H26N2O6. The van der Waals surface area contributed by atoms with E-state index in [-0.39, 0.29) is 11.3 Å². The molecule has 0 bridgehead atoms. The van der Waals surface area contributed by atoms with Gasteiger partial charge in [0.15, 0.2) is 11.5 Å². The molecule has 0 aliphatic carbocycles. The van der Waals surface area contributed by atoms with E-state index >= 15 is 0 Å². The molecule has 4 rings (SSSR count). The van der Waals surface area contributed by atoms with Crippen LogP contribution in [0, 0.1) is 25.2 Å². The molecule has 1 atom stereocenters. The van der Waals surface area contributed by atoms with E-state index in [0.717, 1.165) is 11.1 Å². The quantitative estimate of drug-likeness (QED) is 0.295. The largest absolute Gasteiger partial charge is 0.507 e. The Morgan fingerprint density at radius 1 is 0.946 bits per heavy atom. The minimum Gasteiger partial charge on any atom is -0.507 e. The molecule has 0 radical (unpaired) electrons. The minimum absolute atomic E-state index is 0.121. The number of rotatable bonds is 6. The highest BCUT2D eigenvalue weighted by atomic mass is 16.5. The van der Waals surface area contributed by atoms with Crippen LogP contribution in [0.1, 0.15) is 33.9 Å². The van der Waals surface area contributed by atoms with E-state index < -0.39 is 17.7 Å². The molecule has 0 saturated carbocycles. The fourth-order valence-corrected chi connectivity index (χ4v) is 4.76. The number of nitrogens with zero attached hydrogens (tertiary/aromatic N) is 2. The molecule has 37 heavy (non-hydrogen) atoms. The van der Waals surface area contributed by atoms with Crippen molar-refractivity contribution in [3.05, 3.63) is 88.0 Å². The second-order valence-electron chi connectivity index (χ2n) is 8.57. The number of carbonyl (C=O) groups excluding carboxylic acids is 2. The molecule has 8 heteroatoms. The lowest BCUT2D eigenvalue weighted by atomic mass is 9.92. The van der Waals surface area contributed by atoms with Gasteiger partial charge in [0.25, 0.3) is 11.7 Å². The van der Waals surface area contributed by atoms with Gasteiger partial charge < -0.3 is 19.3 Å². The van der Waals surface area contributed by atoms with Gasteiger partial charge in [-0.05, 0) is 61.4 Å². The van der Waals surface area contributed by atoms with Crippen molar-refractivity contribution in [3.63, 3.8) is 0 Å². The van der Waals surface area contributed by atoms with Crippen molar-refractivity contribution in [3.8, 4) is 23.3 Å². The smallest absolute Gasteiger partial charge is 0.300 e. The van der Waals surface area contributed by atoms with Crippen LogP contribution in [0.5, 0.6) is 17.2 Å². The van der Waals surface area contributed by atoms with Gasteiger partial charge >= 0.3 is 0 Å². The van der Waals surface area contributed by atoms with Crippen LogP contribution < -0.4 is 19.1 Å². The average Bonchev–Trinajstić information content (AvgIpc) is 3.17. The number of ether oxygens (including phenoxy) is 3. The minimum atomic E-state index is -1.05. The molecule has 188 valence electrons. The number of aliphatic hydroxyl groups is 1. The van der Waals surface area contributed by atoms with Crippen LogP contribution in [-0.4, -0.2) is 38.1 Å². The summed E-state index contributed by atoms with van der Waals surface area (Å²) >= 11 is 0. The number of hydrogen-bond acceptors (Lipinski definition) is 7. The van der Waals surface area contributed by atoms with Gasteiger partial charge in [-0.3, -0.25) is 14.5 Å². The fourth-order valence-electron chi connectivity index (χ4n) is 4.76. The maximum absolute atomic E-state index is 13.6. The summed E-state index contributed by atoms with van der Waals surface area (Å²) in [4.78, 5) is 28.3. The molecule has 0 spiro atoms. The fraction of sp³-hybridized carbons (Fsp3) is 0.207. The van der Waals surface area contributed by atoms with Crippen molar-refractivity contribution in [2.75, 3.05) is 26.2 Å². The lowest BCUT2D eigenvalue weighted by Crippen LogP contribution is -2.29. The van der Waals surface area contributed by atoms with Crippen LogP contribution in [0.2, 0.25) is 0 Å². The summed E-state index contributed by atoms with van der Waals surface area (Å²) in [6.07, 6.45) is 0. The van der Waals surface area contributed by atoms with E-state index in [1.807, 2.05) is 26.0 Å². The maximum atomic E-state index is 13.6. The number of hydrogen-bond donors (Lipinski definition) is 1. The molecular weight excluding hydrogens is 472 g/mol. The molecule has 0 aromatic heterocycles. The van der Waals surface area contributed by atoms with Crippen LogP contribution in [-0.2, 0) is 9.59 Å². The predicted octanol–water partition coefficient (Wildman–Crippen LogP) is 4.83. The van der Waals surface area contributed by atoms with Gasteiger partial charge in [0.05, 0.1) is 50.1 Å². The first kappa shape index (κ1) is 25.3. The lowest BCUT2D eigenvalue weighted by Gasteiger charge is -2.27. The van der Waals surface area contributed by atoms with Gasteiger partial charge in [0, 0.05) is 11.3 Å². The standard InChI is InChI=1S/C29H26N2O6/c1-16-13-17(2)27(36-4)21(14-16)25(32)23-24(20-7-6-8-22(35-3)28(20)37-5)31(29(34)26(23)33)19-11-9-18(15-30)10-12-19/h6-14,24,32H,1-5H3/b25-23+. The Morgan fingerprint density at radius 3 is 2.22 bits per heavy atom. The van der Waals surface area contributed by atoms with Gasteiger partial charge in [-0.15, -0.1) is 0 Å². The number of benzene rings is 3. The summed E-state index contributed by atoms with van der Waals surface area (Å²) in [5.74, 6) is -0.956. The third kappa shape index (κ3) is 4.25. The van der Waals surface area contributed by atoms with Crippen molar-refractivity contribution in [2.45, 2.75) is 19.9 Å². The molecule has 1 heterocycles. The number of aryl methyl sites for hydroxylation is 2. The third-order valence-corrected chi connectivity index (χ3v) is 6.33. The highest BCUT2D eigenvalue weighted by Crippen LogP contribution is 2.48. The maximum Gasteiger partial charge on any atom is 0.300 e. The molecule has 8 nitrogen and oxygen atoms in total. The number of nitriles is 1.